The van der Waals surface area contributed by atoms with E-state index in [-0.39, 0.29) is 25.0 Å². The second-order valence-corrected chi connectivity index (χ2v) is 6.52. The molecule has 1 saturated carbocycles. The average Bonchev–Trinajstić information content (AvgIpc) is 3.24. The minimum Gasteiger partial charge on any atom is -0.460 e. The summed E-state index contributed by atoms with van der Waals surface area (Å²) in [4.78, 5) is 11.9. The number of benzene rings is 1. The van der Waals surface area contributed by atoms with Crippen molar-refractivity contribution in [3.05, 3.63) is 33.4 Å². The van der Waals surface area contributed by atoms with E-state index in [4.69, 9.17) is 14.2 Å². The molecule has 2 rings (SSSR count). The van der Waals surface area contributed by atoms with Gasteiger partial charge in [0.25, 0.3) is 0 Å². The topological polar surface area (TPSA) is 44.8 Å². The lowest BCUT2D eigenvalue weighted by Crippen LogP contribution is -2.26. The predicted molar refractivity (Wildman–Crippen MR) is 87.8 cm³/mol. The second-order valence-electron chi connectivity index (χ2n) is 5.36. The molecule has 0 amide bonds. The van der Waals surface area contributed by atoms with Crippen LogP contribution in [-0.2, 0) is 19.0 Å². The SMILES string of the molecule is COCO[C@@H](c1ccccc1I)[C@H](C)OC(=O)CC1CC1. The molecule has 1 aromatic rings. The highest BCUT2D eigenvalue weighted by molar-refractivity contribution is 14.1. The fourth-order valence-corrected chi connectivity index (χ4v) is 2.89. The van der Waals surface area contributed by atoms with Crippen molar-refractivity contribution in [1.82, 2.24) is 0 Å². The molecule has 2 atom stereocenters. The predicted octanol–water partition coefficient (Wildman–Crippen LogP) is 3.68. The van der Waals surface area contributed by atoms with Gasteiger partial charge in [-0.05, 0) is 59.9 Å². The Morgan fingerprint density at radius 2 is 2.10 bits per heavy atom. The van der Waals surface area contributed by atoms with E-state index < -0.39 is 0 Å². The summed E-state index contributed by atoms with van der Waals surface area (Å²) in [5, 5.41) is 0. The van der Waals surface area contributed by atoms with E-state index in [1.165, 1.54) is 0 Å². The van der Waals surface area contributed by atoms with Crippen molar-refractivity contribution < 1.29 is 19.0 Å². The molecule has 116 valence electrons. The van der Waals surface area contributed by atoms with Crippen LogP contribution in [0, 0.1) is 9.49 Å². The molecule has 1 aliphatic rings. The number of hydrogen-bond donors (Lipinski definition) is 0. The standard InChI is InChI=1S/C16H21IO4/c1-11(21-15(18)9-12-7-8-12)16(20-10-19-2)13-5-3-4-6-14(13)17/h3-6,11-12,16H,7-10H2,1-2H3/t11-,16+/m0/s1. The summed E-state index contributed by atoms with van der Waals surface area (Å²) in [5.74, 6) is 0.391. The molecule has 21 heavy (non-hydrogen) atoms. The van der Waals surface area contributed by atoms with Crippen LogP contribution in [-0.4, -0.2) is 26.0 Å². The summed E-state index contributed by atoms with van der Waals surface area (Å²) in [6, 6.07) is 7.94. The maximum absolute atomic E-state index is 11.9. The van der Waals surface area contributed by atoms with E-state index >= 15 is 0 Å². The Kier molecular flexibility index (Phi) is 6.44. The molecule has 0 saturated heterocycles. The van der Waals surface area contributed by atoms with Crippen molar-refractivity contribution in [2.75, 3.05) is 13.9 Å². The average molecular weight is 404 g/mol. The lowest BCUT2D eigenvalue weighted by Gasteiger charge is -2.25. The van der Waals surface area contributed by atoms with Crippen molar-refractivity contribution in [2.45, 2.75) is 38.4 Å². The van der Waals surface area contributed by atoms with Crippen LogP contribution >= 0.6 is 22.6 Å². The Hall–Kier alpha value is -0.660. The molecule has 4 nitrogen and oxygen atoms in total. The quantitative estimate of drug-likeness (QED) is 0.377. The zero-order chi connectivity index (χ0) is 15.2. The number of methoxy groups -OCH3 is 1. The fraction of sp³-hybridized carbons (Fsp3) is 0.562. The van der Waals surface area contributed by atoms with E-state index in [1.54, 1.807) is 7.11 Å². The highest BCUT2D eigenvalue weighted by Crippen LogP contribution is 2.33. The summed E-state index contributed by atoms with van der Waals surface area (Å²) in [7, 11) is 1.58. The van der Waals surface area contributed by atoms with Crippen molar-refractivity contribution in [1.29, 1.82) is 0 Å². The number of halogens is 1. The summed E-state index contributed by atoms with van der Waals surface area (Å²) in [5.41, 5.74) is 1.02. The number of ether oxygens (including phenoxy) is 3. The van der Waals surface area contributed by atoms with E-state index in [9.17, 15) is 4.79 Å². The number of carbonyl (C=O) groups excluding carboxylic acids is 1. The Labute approximate surface area is 139 Å². The van der Waals surface area contributed by atoms with Crippen molar-refractivity contribution in [3.63, 3.8) is 0 Å². The molecule has 0 N–H and O–H groups in total. The van der Waals surface area contributed by atoms with Crippen molar-refractivity contribution in [2.24, 2.45) is 5.92 Å². The molecule has 1 aromatic carbocycles. The Morgan fingerprint density at radius 1 is 1.38 bits per heavy atom. The minimum atomic E-state index is -0.345. The van der Waals surface area contributed by atoms with E-state index in [2.05, 4.69) is 22.6 Å². The lowest BCUT2D eigenvalue weighted by molar-refractivity contribution is -0.164. The summed E-state index contributed by atoms with van der Waals surface area (Å²) >= 11 is 2.26. The third-order valence-electron chi connectivity index (χ3n) is 3.47. The highest BCUT2D eigenvalue weighted by atomic mass is 127. The molecule has 0 radical (unpaired) electrons. The normalized spacial score (nSPS) is 17.3. The number of hydrogen-bond acceptors (Lipinski definition) is 4. The summed E-state index contributed by atoms with van der Waals surface area (Å²) in [6.45, 7) is 2.04. The van der Waals surface area contributed by atoms with Gasteiger partial charge >= 0.3 is 5.97 Å². The van der Waals surface area contributed by atoms with Crippen LogP contribution in [0.25, 0.3) is 0 Å². The van der Waals surface area contributed by atoms with E-state index in [0.29, 0.717) is 12.3 Å². The summed E-state index contributed by atoms with van der Waals surface area (Å²) in [6.07, 6.45) is 2.14. The van der Waals surface area contributed by atoms with Crippen LogP contribution in [0.4, 0.5) is 0 Å². The Bertz CT molecular complexity index is 473. The van der Waals surface area contributed by atoms with Gasteiger partial charge in [0.05, 0.1) is 0 Å². The van der Waals surface area contributed by atoms with Gasteiger partial charge in [-0.15, -0.1) is 0 Å². The third-order valence-corrected chi connectivity index (χ3v) is 4.46. The van der Waals surface area contributed by atoms with Gasteiger partial charge in [0.2, 0.25) is 0 Å². The Balaban J connectivity index is 2.03. The van der Waals surface area contributed by atoms with Gasteiger partial charge in [-0.3, -0.25) is 4.79 Å². The number of rotatable bonds is 8. The van der Waals surface area contributed by atoms with Crippen LogP contribution in [0.3, 0.4) is 0 Å². The van der Waals surface area contributed by atoms with Crippen molar-refractivity contribution >= 4 is 28.6 Å². The second kappa shape index (κ2) is 8.10. The maximum Gasteiger partial charge on any atom is 0.306 e. The minimum absolute atomic E-state index is 0.137. The van der Waals surface area contributed by atoms with Gasteiger partial charge in [-0.1, -0.05) is 18.2 Å². The molecule has 0 spiro atoms. The van der Waals surface area contributed by atoms with Crippen LogP contribution in [0.2, 0.25) is 0 Å². The van der Waals surface area contributed by atoms with E-state index in [1.807, 2.05) is 31.2 Å². The van der Waals surface area contributed by atoms with Gasteiger partial charge in [-0.2, -0.15) is 0 Å². The first-order chi connectivity index (χ1) is 10.1. The van der Waals surface area contributed by atoms with Gasteiger partial charge < -0.3 is 14.2 Å². The zero-order valence-corrected chi connectivity index (χ0v) is 14.5. The van der Waals surface area contributed by atoms with Crippen LogP contribution < -0.4 is 0 Å². The fourth-order valence-electron chi connectivity index (χ4n) is 2.20. The van der Waals surface area contributed by atoms with Crippen LogP contribution in [0.15, 0.2) is 24.3 Å². The first-order valence-corrected chi connectivity index (χ1v) is 8.24. The molecule has 0 aliphatic heterocycles. The highest BCUT2D eigenvalue weighted by Gasteiger charge is 2.29. The molecule has 0 unspecified atom stereocenters. The van der Waals surface area contributed by atoms with Gasteiger partial charge in [0, 0.05) is 17.1 Å². The third kappa shape index (κ3) is 5.23. The van der Waals surface area contributed by atoms with Crippen LogP contribution in [0.5, 0.6) is 0 Å². The zero-order valence-electron chi connectivity index (χ0n) is 12.4. The monoisotopic (exact) mass is 404 g/mol. The van der Waals surface area contributed by atoms with Crippen LogP contribution in [0.1, 0.15) is 37.9 Å². The molecule has 0 heterocycles. The molecule has 0 bridgehead atoms. The Morgan fingerprint density at radius 3 is 2.71 bits per heavy atom. The number of carbonyl (C=O) groups is 1. The maximum atomic E-state index is 11.9. The van der Waals surface area contributed by atoms with Gasteiger partial charge in [-0.25, -0.2) is 0 Å². The summed E-state index contributed by atoms with van der Waals surface area (Å²) < 4.78 is 17.4. The smallest absolute Gasteiger partial charge is 0.306 e. The molecule has 1 fully saturated rings. The first-order valence-electron chi connectivity index (χ1n) is 7.16. The molecular weight excluding hydrogens is 383 g/mol. The molecular formula is C16H21IO4. The largest absolute Gasteiger partial charge is 0.460 e. The lowest BCUT2D eigenvalue weighted by atomic mass is 10.1. The molecule has 0 aromatic heterocycles. The first kappa shape index (κ1) is 16.7. The molecule has 5 heteroatoms. The van der Waals surface area contributed by atoms with E-state index in [0.717, 1.165) is 22.0 Å². The van der Waals surface area contributed by atoms with Gasteiger partial charge in [0.15, 0.2) is 0 Å². The van der Waals surface area contributed by atoms with Gasteiger partial charge in [0.1, 0.15) is 19.0 Å². The molecule has 1 aliphatic carbocycles. The van der Waals surface area contributed by atoms with Crippen molar-refractivity contribution in [3.8, 4) is 0 Å². The number of esters is 1.